The number of carboxylic acids is 1. The van der Waals surface area contributed by atoms with Gasteiger partial charge >= 0.3 is 5.97 Å². The smallest absolute Gasteiger partial charge is 0.320 e. The summed E-state index contributed by atoms with van der Waals surface area (Å²) in [7, 11) is 0. The lowest BCUT2D eigenvalue weighted by molar-refractivity contribution is -0.139. The van der Waals surface area contributed by atoms with Gasteiger partial charge in [-0.25, -0.2) is 0 Å². The van der Waals surface area contributed by atoms with Crippen molar-refractivity contribution in [2.24, 2.45) is 11.7 Å². The zero-order chi connectivity index (χ0) is 6.73. The van der Waals surface area contributed by atoms with E-state index >= 15 is 0 Å². The first kappa shape index (κ1) is 16.6. The van der Waals surface area contributed by atoms with E-state index in [1.165, 1.54) is 0 Å². The van der Waals surface area contributed by atoms with E-state index in [9.17, 15) is 4.79 Å². The van der Waals surface area contributed by atoms with Crippen LogP contribution in [0.4, 0.5) is 0 Å². The average molecular weight is 188 g/mol. The van der Waals surface area contributed by atoms with Crippen LogP contribution in [0.3, 0.4) is 0 Å². The lowest BCUT2D eigenvalue weighted by atomic mass is 10.1. The van der Waals surface area contributed by atoms with Crippen LogP contribution in [0.1, 0.15) is 13.8 Å². The number of hydrogen-bond acceptors (Lipinski definition) is 2. The molecule has 2 atom stereocenters. The van der Waals surface area contributed by atoms with Crippen molar-refractivity contribution in [1.82, 2.24) is 0 Å². The van der Waals surface area contributed by atoms with Gasteiger partial charge in [-0.2, -0.15) is 9.90 Å². The van der Waals surface area contributed by atoms with Gasteiger partial charge in [0.15, 0.2) is 0 Å². The zero-order valence-electron chi connectivity index (χ0n) is 6.20. The first-order valence-corrected chi connectivity index (χ1v) is 2.54. The zero-order valence-corrected chi connectivity index (χ0v) is 8.43. The summed E-state index contributed by atoms with van der Waals surface area (Å²) < 4.78 is 0. The lowest BCUT2D eigenvalue weighted by Gasteiger charge is -2.07. The number of aliphatic carboxylic acids is 1. The van der Waals surface area contributed by atoms with Crippen molar-refractivity contribution in [3.05, 3.63) is 0 Å². The van der Waals surface area contributed by atoms with E-state index < -0.39 is 12.0 Å². The molecule has 0 aliphatic carbocycles. The van der Waals surface area contributed by atoms with Gasteiger partial charge in [0.05, 0.1) is 0 Å². The normalized spacial score (nSPS) is 11.2. The summed E-state index contributed by atoms with van der Waals surface area (Å²) >= 11 is 0. The first-order valence-electron chi connectivity index (χ1n) is 2.54. The van der Waals surface area contributed by atoms with Crippen LogP contribution in [0.25, 0.3) is 0 Å². The fourth-order valence-electron chi connectivity index (χ4n) is 0.285. The van der Waals surface area contributed by atoms with E-state index in [0.717, 1.165) is 0 Å². The van der Waals surface area contributed by atoms with Crippen molar-refractivity contribution in [3.63, 3.8) is 0 Å². The molecule has 0 aromatic rings. The molecule has 1 unspecified atom stereocenters. The van der Waals surface area contributed by atoms with Crippen molar-refractivity contribution < 1.29 is 9.90 Å². The van der Waals surface area contributed by atoms with Crippen molar-refractivity contribution in [3.8, 4) is 0 Å². The molecule has 0 fully saturated rings. The molecule has 3 N–H and O–H groups in total. The van der Waals surface area contributed by atoms with Gasteiger partial charge in [0.2, 0.25) is 0 Å². The predicted octanol–water partition coefficient (Wildman–Crippen LogP) is 0.534. The summed E-state index contributed by atoms with van der Waals surface area (Å²) in [5.74, 6) is -0.910. The maximum absolute atomic E-state index is 10.0. The van der Waals surface area contributed by atoms with Crippen LogP contribution in [-0.4, -0.2) is 17.1 Å². The Bertz CT molecular complexity index is 99.6. The Morgan fingerprint density at radius 1 is 1.50 bits per heavy atom. The molecule has 0 bridgehead atoms. The molecule has 0 aromatic heterocycles. The molecule has 64 valence electrons. The Morgan fingerprint density at radius 3 is 1.80 bits per heavy atom. The van der Waals surface area contributed by atoms with E-state index in [1.54, 1.807) is 13.8 Å². The number of halogens is 1. The molecular weight excluding hydrogens is 172 g/mol. The SMILES string of the molecule is CC(C)[C@H](N)C(=O)O.Cl.P. The predicted molar refractivity (Wildman–Crippen MR) is 48.8 cm³/mol. The quantitative estimate of drug-likeness (QED) is 0.620. The molecule has 0 aromatic carbocycles. The second kappa shape index (κ2) is 7.26. The minimum atomic E-state index is -0.931. The number of rotatable bonds is 2. The van der Waals surface area contributed by atoms with Gasteiger partial charge in [0, 0.05) is 0 Å². The van der Waals surface area contributed by atoms with Gasteiger partial charge in [-0.3, -0.25) is 4.79 Å². The maximum Gasteiger partial charge on any atom is 0.320 e. The molecule has 0 aliphatic rings. The minimum absolute atomic E-state index is 0. The molecule has 0 amide bonds. The van der Waals surface area contributed by atoms with Crippen LogP contribution in [-0.2, 0) is 4.79 Å². The Labute approximate surface area is 70.4 Å². The number of carbonyl (C=O) groups is 1. The molecule has 0 saturated carbocycles. The third-order valence-corrected chi connectivity index (χ3v) is 1.00. The first-order chi connectivity index (χ1) is 3.55. The average Bonchev–Trinajstić information content (AvgIpc) is 1.64. The maximum atomic E-state index is 10.0. The lowest BCUT2D eigenvalue weighted by Crippen LogP contribution is -2.34. The minimum Gasteiger partial charge on any atom is -0.480 e. The summed E-state index contributed by atoms with van der Waals surface area (Å²) in [6, 6.07) is -0.713. The summed E-state index contributed by atoms with van der Waals surface area (Å²) in [5, 5.41) is 8.23. The third-order valence-electron chi connectivity index (χ3n) is 1.00. The highest BCUT2D eigenvalue weighted by molar-refractivity contribution is 6.92. The van der Waals surface area contributed by atoms with Crippen molar-refractivity contribution in [1.29, 1.82) is 0 Å². The molecule has 0 aliphatic heterocycles. The summed E-state index contributed by atoms with van der Waals surface area (Å²) in [4.78, 5) is 10.0. The summed E-state index contributed by atoms with van der Waals surface area (Å²) in [6.45, 7) is 3.55. The number of carboxylic acid groups (broad SMARTS) is 1. The van der Waals surface area contributed by atoms with Crippen LogP contribution >= 0.6 is 22.3 Å². The van der Waals surface area contributed by atoms with Gasteiger partial charge in [0.25, 0.3) is 0 Å². The molecule has 10 heavy (non-hydrogen) atoms. The Hall–Kier alpha value is 0.150. The van der Waals surface area contributed by atoms with E-state index in [0.29, 0.717) is 0 Å². The van der Waals surface area contributed by atoms with Gasteiger partial charge < -0.3 is 10.8 Å². The van der Waals surface area contributed by atoms with Crippen LogP contribution < -0.4 is 5.73 Å². The van der Waals surface area contributed by atoms with Crippen LogP contribution in [0.5, 0.6) is 0 Å². The van der Waals surface area contributed by atoms with Gasteiger partial charge in [-0.15, -0.1) is 12.4 Å². The van der Waals surface area contributed by atoms with E-state index in [-0.39, 0.29) is 28.2 Å². The van der Waals surface area contributed by atoms with Gasteiger partial charge in [-0.05, 0) is 5.92 Å². The molecule has 0 saturated heterocycles. The van der Waals surface area contributed by atoms with Gasteiger partial charge in [-0.1, -0.05) is 13.8 Å². The third kappa shape index (κ3) is 6.27. The van der Waals surface area contributed by atoms with E-state index in [2.05, 4.69) is 0 Å². The van der Waals surface area contributed by atoms with E-state index in [4.69, 9.17) is 10.8 Å². The topological polar surface area (TPSA) is 63.3 Å². The number of nitrogens with two attached hydrogens (primary N) is 1. The summed E-state index contributed by atoms with van der Waals surface area (Å²) in [5.41, 5.74) is 5.16. The Kier molecular flexibility index (Phi) is 12.1. The fraction of sp³-hybridized carbons (Fsp3) is 0.800. The van der Waals surface area contributed by atoms with Crippen LogP contribution in [0.15, 0.2) is 0 Å². The molecule has 0 radical (unpaired) electrons. The highest BCUT2D eigenvalue weighted by atomic mass is 35.5. The highest BCUT2D eigenvalue weighted by Gasteiger charge is 2.14. The largest absolute Gasteiger partial charge is 0.480 e. The second-order valence-corrected chi connectivity index (χ2v) is 2.11. The highest BCUT2D eigenvalue weighted by Crippen LogP contribution is 1.96. The molecule has 0 spiro atoms. The molecule has 0 heterocycles. The molecule has 3 nitrogen and oxygen atoms in total. The van der Waals surface area contributed by atoms with E-state index in [1.807, 2.05) is 0 Å². The fourth-order valence-corrected chi connectivity index (χ4v) is 0.285. The van der Waals surface area contributed by atoms with Crippen molar-refractivity contribution in [2.75, 3.05) is 0 Å². The Balaban J connectivity index is -0.000000245. The van der Waals surface area contributed by atoms with Crippen LogP contribution in [0.2, 0.25) is 0 Å². The standard InChI is InChI=1S/C5H11NO2.ClH.H3P/c1-3(2)4(6)5(7)8;;/h3-4H,6H2,1-2H3,(H,7,8);1H;1H3/t4-;;/m0../s1. The molecule has 5 heteroatoms. The van der Waals surface area contributed by atoms with Crippen LogP contribution in [0, 0.1) is 5.92 Å². The molecule has 0 rings (SSSR count). The molecular formula is C5H15ClNO2P. The summed E-state index contributed by atoms with van der Waals surface area (Å²) in [6.07, 6.45) is 0. The second-order valence-electron chi connectivity index (χ2n) is 2.11. The number of hydrogen-bond donors (Lipinski definition) is 2. The Morgan fingerprint density at radius 2 is 1.80 bits per heavy atom. The van der Waals surface area contributed by atoms with Gasteiger partial charge in [0.1, 0.15) is 6.04 Å². The monoisotopic (exact) mass is 187 g/mol. The van der Waals surface area contributed by atoms with Crippen molar-refractivity contribution in [2.45, 2.75) is 19.9 Å². The van der Waals surface area contributed by atoms with Crippen molar-refractivity contribution >= 4 is 28.3 Å².